The minimum absolute atomic E-state index is 1.18. The molecule has 0 fully saturated rings. The van der Waals surface area contributed by atoms with Crippen molar-refractivity contribution in [1.29, 1.82) is 0 Å². The molecule has 0 amide bonds. The predicted molar refractivity (Wildman–Crippen MR) is 75.2 cm³/mol. The van der Waals surface area contributed by atoms with E-state index in [1.165, 1.54) is 41.5 Å². The Balaban J connectivity index is 2.33. The van der Waals surface area contributed by atoms with Crippen LogP contribution in [0.25, 0.3) is 11.1 Å². The zero-order chi connectivity index (χ0) is 12.1. The second kappa shape index (κ2) is 5.67. The van der Waals surface area contributed by atoms with E-state index in [9.17, 15) is 0 Å². The first-order valence-electron chi connectivity index (χ1n) is 6.46. The second-order valence-electron chi connectivity index (χ2n) is 4.63. The van der Waals surface area contributed by atoms with Crippen LogP contribution >= 0.6 is 0 Å². The number of hydrogen-bond donors (Lipinski definition) is 0. The van der Waals surface area contributed by atoms with Crippen LogP contribution < -0.4 is 0 Å². The van der Waals surface area contributed by atoms with Gasteiger partial charge in [-0.3, -0.25) is 0 Å². The van der Waals surface area contributed by atoms with E-state index in [2.05, 4.69) is 62.4 Å². The lowest BCUT2D eigenvalue weighted by Crippen LogP contribution is -1.90. The molecule has 0 aliphatic rings. The van der Waals surface area contributed by atoms with Crippen molar-refractivity contribution >= 4 is 0 Å². The molecule has 0 aromatic heterocycles. The van der Waals surface area contributed by atoms with Crippen LogP contribution in [-0.2, 0) is 6.42 Å². The van der Waals surface area contributed by atoms with Crippen LogP contribution in [0.2, 0.25) is 0 Å². The largest absolute Gasteiger partial charge is 0.0654 e. The molecule has 2 aromatic carbocycles. The molecule has 88 valence electrons. The molecule has 0 aliphatic heterocycles. The molecule has 0 saturated heterocycles. The smallest absolute Gasteiger partial charge is 0.0152 e. The summed E-state index contributed by atoms with van der Waals surface area (Å²) >= 11 is 0. The molecule has 0 saturated carbocycles. The van der Waals surface area contributed by atoms with Crippen molar-refractivity contribution in [2.45, 2.75) is 33.1 Å². The fourth-order valence-corrected chi connectivity index (χ4v) is 2.12. The number of aryl methyl sites for hydroxylation is 2. The van der Waals surface area contributed by atoms with Gasteiger partial charge in [-0.25, -0.2) is 0 Å². The lowest BCUT2D eigenvalue weighted by atomic mass is 9.96. The molecule has 0 radical (unpaired) electrons. The Kier molecular flexibility index (Phi) is 3.98. The molecule has 0 spiro atoms. The van der Waals surface area contributed by atoms with Crippen molar-refractivity contribution in [2.24, 2.45) is 0 Å². The normalized spacial score (nSPS) is 10.5. The number of benzene rings is 2. The second-order valence-corrected chi connectivity index (χ2v) is 4.63. The standard InChI is InChI=1S/C17H20/c1-3-4-7-15-8-5-6-9-17(15)16-12-10-14(2)11-13-16/h5-6,8-13H,3-4,7H2,1-2H3. The highest BCUT2D eigenvalue weighted by atomic mass is 14.1. The van der Waals surface area contributed by atoms with Gasteiger partial charge in [0.15, 0.2) is 0 Å². The zero-order valence-electron chi connectivity index (χ0n) is 10.7. The van der Waals surface area contributed by atoms with Crippen molar-refractivity contribution in [3.05, 3.63) is 59.7 Å². The van der Waals surface area contributed by atoms with Crippen LogP contribution in [0.3, 0.4) is 0 Å². The lowest BCUT2D eigenvalue weighted by molar-refractivity contribution is 0.796. The molecule has 0 heterocycles. The highest BCUT2D eigenvalue weighted by molar-refractivity contribution is 5.67. The fourth-order valence-electron chi connectivity index (χ4n) is 2.12. The van der Waals surface area contributed by atoms with E-state index in [4.69, 9.17) is 0 Å². The topological polar surface area (TPSA) is 0 Å². The minimum Gasteiger partial charge on any atom is -0.0654 e. The summed E-state index contributed by atoms with van der Waals surface area (Å²) < 4.78 is 0. The fraction of sp³-hybridized carbons (Fsp3) is 0.294. The highest BCUT2D eigenvalue weighted by Gasteiger charge is 2.03. The Morgan fingerprint density at radius 2 is 1.59 bits per heavy atom. The van der Waals surface area contributed by atoms with Gasteiger partial charge in [0.05, 0.1) is 0 Å². The molecule has 0 N–H and O–H groups in total. The number of rotatable bonds is 4. The predicted octanol–water partition coefficient (Wildman–Crippen LogP) is 5.00. The molecule has 0 aliphatic carbocycles. The van der Waals surface area contributed by atoms with E-state index >= 15 is 0 Å². The molecule has 17 heavy (non-hydrogen) atoms. The van der Waals surface area contributed by atoms with Crippen LogP contribution in [0.15, 0.2) is 48.5 Å². The third-order valence-corrected chi connectivity index (χ3v) is 3.18. The Morgan fingerprint density at radius 1 is 0.882 bits per heavy atom. The minimum atomic E-state index is 1.18. The van der Waals surface area contributed by atoms with Gasteiger partial charge in [-0.2, -0.15) is 0 Å². The summed E-state index contributed by atoms with van der Waals surface area (Å²) in [5, 5.41) is 0. The Morgan fingerprint density at radius 3 is 2.29 bits per heavy atom. The van der Waals surface area contributed by atoms with Gasteiger partial charge >= 0.3 is 0 Å². The maximum atomic E-state index is 2.25. The average molecular weight is 224 g/mol. The van der Waals surface area contributed by atoms with E-state index < -0.39 is 0 Å². The molecular weight excluding hydrogens is 204 g/mol. The van der Waals surface area contributed by atoms with Crippen molar-refractivity contribution < 1.29 is 0 Å². The van der Waals surface area contributed by atoms with Gasteiger partial charge in [0.1, 0.15) is 0 Å². The molecule has 0 atom stereocenters. The summed E-state index contributed by atoms with van der Waals surface area (Å²) in [6.45, 7) is 4.38. The quantitative estimate of drug-likeness (QED) is 0.685. The lowest BCUT2D eigenvalue weighted by Gasteiger charge is -2.09. The molecule has 0 heteroatoms. The van der Waals surface area contributed by atoms with Gasteiger partial charge in [0.2, 0.25) is 0 Å². The number of unbranched alkanes of at least 4 members (excludes halogenated alkanes) is 1. The Labute approximate surface area is 104 Å². The van der Waals surface area contributed by atoms with E-state index in [1.54, 1.807) is 0 Å². The molecular formula is C17H20. The van der Waals surface area contributed by atoms with Crippen molar-refractivity contribution in [2.75, 3.05) is 0 Å². The van der Waals surface area contributed by atoms with Crippen LogP contribution in [0, 0.1) is 6.92 Å². The maximum Gasteiger partial charge on any atom is -0.0152 e. The molecule has 0 nitrogen and oxygen atoms in total. The molecule has 0 unspecified atom stereocenters. The first-order chi connectivity index (χ1) is 8.31. The van der Waals surface area contributed by atoms with Crippen LogP contribution in [0.1, 0.15) is 30.9 Å². The Hall–Kier alpha value is -1.56. The van der Waals surface area contributed by atoms with Gasteiger partial charge in [-0.15, -0.1) is 0 Å². The first-order valence-corrected chi connectivity index (χ1v) is 6.46. The van der Waals surface area contributed by atoms with Crippen molar-refractivity contribution in [3.8, 4) is 11.1 Å². The third kappa shape index (κ3) is 2.97. The Bertz CT molecular complexity index is 466. The molecule has 2 aromatic rings. The summed E-state index contributed by atoms with van der Waals surface area (Å²) in [4.78, 5) is 0. The third-order valence-electron chi connectivity index (χ3n) is 3.18. The van der Waals surface area contributed by atoms with Crippen LogP contribution in [-0.4, -0.2) is 0 Å². The first kappa shape index (κ1) is 11.9. The van der Waals surface area contributed by atoms with Gasteiger partial charge in [0.25, 0.3) is 0 Å². The molecule has 0 bridgehead atoms. The van der Waals surface area contributed by atoms with Crippen LogP contribution in [0.4, 0.5) is 0 Å². The van der Waals surface area contributed by atoms with Crippen LogP contribution in [0.5, 0.6) is 0 Å². The highest BCUT2D eigenvalue weighted by Crippen LogP contribution is 2.25. The SMILES string of the molecule is CCCCc1ccccc1-c1ccc(C)cc1. The summed E-state index contributed by atoms with van der Waals surface area (Å²) in [6, 6.07) is 17.6. The summed E-state index contributed by atoms with van der Waals surface area (Å²) in [5.41, 5.74) is 5.52. The van der Waals surface area contributed by atoms with E-state index in [-0.39, 0.29) is 0 Å². The molecule has 2 rings (SSSR count). The zero-order valence-corrected chi connectivity index (χ0v) is 10.7. The van der Waals surface area contributed by atoms with Crippen molar-refractivity contribution in [1.82, 2.24) is 0 Å². The van der Waals surface area contributed by atoms with Gasteiger partial charge in [0, 0.05) is 0 Å². The van der Waals surface area contributed by atoms with E-state index in [0.717, 1.165) is 0 Å². The van der Waals surface area contributed by atoms with Gasteiger partial charge in [-0.05, 0) is 36.5 Å². The van der Waals surface area contributed by atoms with Crippen molar-refractivity contribution in [3.63, 3.8) is 0 Å². The summed E-state index contributed by atoms with van der Waals surface area (Å²) in [5.74, 6) is 0. The summed E-state index contributed by atoms with van der Waals surface area (Å²) in [7, 11) is 0. The number of hydrogen-bond acceptors (Lipinski definition) is 0. The van der Waals surface area contributed by atoms with E-state index in [1.807, 2.05) is 0 Å². The average Bonchev–Trinajstić information content (AvgIpc) is 2.38. The van der Waals surface area contributed by atoms with Gasteiger partial charge in [-0.1, -0.05) is 67.4 Å². The maximum absolute atomic E-state index is 2.25. The monoisotopic (exact) mass is 224 g/mol. The summed E-state index contributed by atoms with van der Waals surface area (Å²) in [6.07, 6.45) is 3.70. The van der Waals surface area contributed by atoms with E-state index in [0.29, 0.717) is 0 Å². The van der Waals surface area contributed by atoms with Gasteiger partial charge < -0.3 is 0 Å².